The number of aromatic amines is 2. The Kier molecular flexibility index (Phi) is 4.44. The number of benzene rings is 2. The first-order valence-corrected chi connectivity index (χ1v) is 8.23. The Morgan fingerprint density at radius 1 is 1.25 bits per heavy atom. The third-order valence-electron chi connectivity index (χ3n) is 4.05. The van der Waals surface area contributed by atoms with Crippen LogP contribution in [0.4, 0.5) is 19.5 Å². The number of carbonyl (C=O) groups is 1. The van der Waals surface area contributed by atoms with E-state index in [4.69, 9.17) is 0 Å². The quantitative estimate of drug-likeness (QED) is 0.500. The monoisotopic (exact) mass is 385 g/mol. The average Bonchev–Trinajstić information content (AvgIpc) is 3.08. The van der Waals surface area contributed by atoms with Crippen LogP contribution < -0.4 is 10.9 Å². The van der Waals surface area contributed by atoms with Crippen molar-refractivity contribution in [3.8, 4) is 11.3 Å². The van der Waals surface area contributed by atoms with E-state index in [1.54, 1.807) is 18.2 Å². The molecule has 2 aromatic carbocycles. The van der Waals surface area contributed by atoms with Gasteiger partial charge in [0, 0.05) is 5.56 Å². The van der Waals surface area contributed by atoms with E-state index in [-0.39, 0.29) is 29.0 Å². The molecule has 2 heterocycles. The number of nitrogens with zero attached hydrogens (tertiary/aromatic N) is 2. The Hall–Kier alpha value is -3.82. The smallest absolute Gasteiger partial charge is 0.414 e. The predicted octanol–water partition coefficient (Wildman–Crippen LogP) is 3.12. The van der Waals surface area contributed by atoms with Crippen LogP contribution in [0, 0.1) is 5.82 Å². The normalized spacial score (nSPS) is 11.1. The molecule has 0 saturated carbocycles. The lowest BCUT2D eigenvalue weighted by Gasteiger charge is -2.06. The first-order chi connectivity index (χ1) is 13.6. The summed E-state index contributed by atoms with van der Waals surface area (Å²) in [6.45, 7) is -1.14. The number of nitrogens with one attached hydrogen (secondary N) is 3. The van der Waals surface area contributed by atoms with Gasteiger partial charge < -0.3 is 9.72 Å². The van der Waals surface area contributed by atoms with E-state index in [0.29, 0.717) is 16.6 Å². The zero-order valence-corrected chi connectivity index (χ0v) is 14.3. The molecule has 4 aromatic rings. The minimum atomic E-state index is -0.840. The maximum Gasteiger partial charge on any atom is 0.414 e. The zero-order valence-electron chi connectivity index (χ0n) is 14.3. The predicted molar refractivity (Wildman–Crippen MR) is 98.4 cm³/mol. The van der Waals surface area contributed by atoms with Gasteiger partial charge in [0.2, 0.25) is 5.95 Å². The second-order valence-electron chi connectivity index (χ2n) is 5.83. The Labute approximate surface area is 155 Å². The molecule has 0 unspecified atom stereocenters. The van der Waals surface area contributed by atoms with Crippen molar-refractivity contribution < 1.29 is 18.3 Å². The second-order valence-corrected chi connectivity index (χ2v) is 5.83. The molecule has 142 valence electrons. The van der Waals surface area contributed by atoms with Gasteiger partial charge in [-0.1, -0.05) is 12.1 Å². The lowest BCUT2D eigenvalue weighted by atomic mass is 10.0. The van der Waals surface area contributed by atoms with Gasteiger partial charge in [-0.25, -0.2) is 23.7 Å². The summed E-state index contributed by atoms with van der Waals surface area (Å²) < 4.78 is 31.0. The fourth-order valence-corrected chi connectivity index (χ4v) is 2.87. The highest BCUT2D eigenvalue weighted by atomic mass is 19.1. The number of carbonyl (C=O) groups excluding carboxylic acids is 1. The summed E-state index contributed by atoms with van der Waals surface area (Å²) >= 11 is 0. The van der Waals surface area contributed by atoms with Gasteiger partial charge in [0.05, 0.1) is 21.8 Å². The molecular formula is C18H13F2N5O3. The van der Waals surface area contributed by atoms with Gasteiger partial charge in [-0.3, -0.25) is 10.1 Å². The molecule has 0 saturated heterocycles. The van der Waals surface area contributed by atoms with E-state index in [9.17, 15) is 18.4 Å². The Morgan fingerprint density at radius 3 is 2.93 bits per heavy atom. The summed E-state index contributed by atoms with van der Waals surface area (Å²) in [5.74, 6) is -0.449. The highest BCUT2D eigenvalue weighted by Crippen LogP contribution is 2.28. The molecule has 0 aliphatic heterocycles. The molecule has 0 spiro atoms. The number of hydrogen-bond donors (Lipinski definition) is 3. The maximum atomic E-state index is 14.4. The number of H-pyrrole nitrogens is 2. The third-order valence-corrected chi connectivity index (χ3v) is 4.05. The van der Waals surface area contributed by atoms with Crippen molar-refractivity contribution in [1.82, 2.24) is 20.2 Å². The van der Waals surface area contributed by atoms with Crippen molar-refractivity contribution in [2.24, 2.45) is 0 Å². The summed E-state index contributed by atoms with van der Waals surface area (Å²) in [6, 6.07) is 9.20. The first-order valence-electron chi connectivity index (χ1n) is 8.23. The van der Waals surface area contributed by atoms with Crippen LogP contribution >= 0.6 is 0 Å². The van der Waals surface area contributed by atoms with Crippen LogP contribution in [0.3, 0.4) is 0 Å². The fraction of sp³-hybridized carbons (Fsp3) is 0.111. The van der Waals surface area contributed by atoms with Crippen LogP contribution in [0.2, 0.25) is 0 Å². The molecule has 0 fully saturated rings. The highest BCUT2D eigenvalue weighted by Gasteiger charge is 2.14. The number of halogens is 2. The van der Waals surface area contributed by atoms with Crippen LogP contribution in [-0.4, -0.2) is 39.5 Å². The summed E-state index contributed by atoms with van der Waals surface area (Å²) in [5, 5.41) is 9.01. The molecule has 0 bridgehead atoms. The number of ether oxygens (including phenoxy) is 1. The third kappa shape index (κ3) is 3.15. The molecule has 1 amide bonds. The van der Waals surface area contributed by atoms with Crippen LogP contribution in [0.25, 0.3) is 33.1 Å². The Bertz CT molecular complexity index is 1250. The van der Waals surface area contributed by atoms with Crippen molar-refractivity contribution in [2.45, 2.75) is 0 Å². The molecule has 3 N–H and O–H groups in total. The van der Waals surface area contributed by atoms with Gasteiger partial charge in [0.1, 0.15) is 24.8 Å². The van der Waals surface area contributed by atoms with Gasteiger partial charge in [-0.15, -0.1) is 0 Å². The van der Waals surface area contributed by atoms with Crippen molar-refractivity contribution in [2.75, 3.05) is 18.6 Å². The highest BCUT2D eigenvalue weighted by molar-refractivity contribution is 5.96. The van der Waals surface area contributed by atoms with Crippen LogP contribution in [-0.2, 0) is 4.74 Å². The van der Waals surface area contributed by atoms with E-state index in [0.717, 1.165) is 0 Å². The minimum absolute atomic E-state index is 0.110. The van der Waals surface area contributed by atoms with Gasteiger partial charge in [0.25, 0.3) is 5.56 Å². The van der Waals surface area contributed by atoms with Gasteiger partial charge in [-0.05, 0) is 24.3 Å². The SMILES string of the molecule is O=C(Nc1nc2ccc(-c3n[nH]c(=O)c4cccc(F)c34)cc2[nH]1)OCCF. The number of anilines is 1. The Balaban J connectivity index is 1.75. The molecule has 4 rings (SSSR count). The van der Waals surface area contributed by atoms with E-state index < -0.39 is 24.1 Å². The van der Waals surface area contributed by atoms with Crippen LogP contribution in [0.1, 0.15) is 0 Å². The molecule has 10 heteroatoms. The molecule has 0 aliphatic rings. The van der Waals surface area contributed by atoms with E-state index in [1.165, 1.54) is 18.2 Å². The number of alkyl halides is 1. The van der Waals surface area contributed by atoms with Gasteiger partial charge >= 0.3 is 6.09 Å². The van der Waals surface area contributed by atoms with Crippen molar-refractivity contribution in [3.63, 3.8) is 0 Å². The molecular weight excluding hydrogens is 372 g/mol. The number of fused-ring (bicyclic) bond motifs is 2. The summed E-state index contributed by atoms with van der Waals surface area (Å²) in [5.41, 5.74) is 1.38. The lowest BCUT2D eigenvalue weighted by molar-refractivity contribution is 0.152. The van der Waals surface area contributed by atoms with Crippen LogP contribution in [0.15, 0.2) is 41.2 Å². The van der Waals surface area contributed by atoms with Crippen molar-refractivity contribution in [1.29, 1.82) is 0 Å². The summed E-state index contributed by atoms with van der Waals surface area (Å²) in [7, 11) is 0. The molecule has 28 heavy (non-hydrogen) atoms. The van der Waals surface area contributed by atoms with E-state index >= 15 is 0 Å². The Morgan fingerprint density at radius 2 is 2.11 bits per heavy atom. The second kappa shape index (κ2) is 7.06. The van der Waals surface area contributed by atoms with E-state index in [2.05, 4.69) is 30.2 Å². The number of rotatable bonds is 4. The van der Waals surface area contributed by atoms with Gasteiger partial charge in [0.15, 0.2) is 0 Å². The summed E-state index contributed by atoms with van der Waals surface area (Å²) in [6.07, 6.45) is -0.840. The van der Waals surface area contributed by atoms with Crippen molar-refractivity contribution >= 4 is 33.8 Å². The van der Waals surface area contributed by atoms with Crippen LogP contribution in [0.5, 0.6) is 0 Å². The van der Waals surface area contributed by atoms with Crippen molar-refractivity contribution in [3.05, 3.63) is 52.6 Å². The molecule has 8 nitrogen and oxygen atoms in total. The molecule has 0 aliphatic carbocycles. The topological polar surface area (TPSA) is 113 Å². The summed E-state index contributed by atoms with van der Waals surface area (Å²) in [4.78, 5) is 30.5. The fourth-order valence-electron chi connectivity index (χ4n) is 2.87. The lowest BCUT2D eigenvalue weighted by Crippen LogP contribution is -2.15. The number of aromatic nitrogens is 4. The average molecular weight is 385 g/mol. The largest absolute Gasteiger partial charge is 0.446 e. The number of amides is 1. The molecule has 0 radical (unpaired) electrons. The number of hydrogen-bond acceptors (Lipinski definition) is 5. The first kappa shape index (κ1) is 17.6. The zero-order chi connectivity index (χ0) is 19.7. The maximum absolute atomic E-state index is 14.4. The standard InChI is InChI=1S/C18H13F2N5O3/c19-6-7-28-18(27)23-17-21-12-5-4-9(8-13(12)22-17)15-14-10(16(26)25-24-15)2-1-3-11(14)20/h1-5,8H,6-7H2,(H,25,26)(H2,21,22,23,27). The van der Waals surface area contributed by atoms with E-state index in [1.807, 2.05) is 0 Å². The molecule has 0 atom stereocenters. The minimum Gasteiger partial charge on any atom is -0.446 e. The van der Waals surface area contributed by atoms with Gasteiger partial charge in [-0.2, -0.15) is 5.10 Å². The number of imidazole rings is 1. The molecule has 2 aromatic heterocycles.